The molecule has 0 aliphatic heterocycles. The van der Waals surface area contributed by atoms with Crippen LogP contribution >= 0.6 is 0 Å². The average Bonchev–Trinajstić information content (AvgIpc) is 2.38. The van der Waals surface area contributed by atoms with Gasteiger partial charge in [0.1, 0.15) is 5.75 Å². The fraction of sp³-hybridized carbons (Fsp3) is 0.385. The van der Waals surface area contributed by atoms with Crippen molar-refractivity contribution >= 4 is 11.9 Å². The van der Waals surface area contributed by atoms with Crippen LogP contribution in [0.2, 0.25) is 0 Å². The van der Waals surface area contributed by atoms with Gasteiger partial charge in [-0.2, -0.15) is 0 Å². The minimum Gasteiger partial charge on any atom is -0.508 e. The SMILES string of the molecule is CCN(CC)Cc1ccccc1O.O=C(O)C(=O)O. The van der Waals surface area contributed by atoms with Crippen molar-refractivity contribution in [1.82, 2.24) is 4.90 Å². The average molecular weight is 269 g/mol. The second-order valence-corrected chi connectivity index (χ2v) is 3.70. The van der Waals surface area contributed by atoms with Gasteiger partial charge in [0.25, 0.3) is 0 Å². The second kappa shape index (κ2) is 8.93. The third-order valence-electron chi connectivity index (χ3n) is 2.46. The summed E-state index contributed by atoms with van der Waals surface area (Å²) in [5, 5.41) is 24.3. The fourth-order valence-electron chi connectivity index (χ4n) is 1.33. The summed E-state index contributed by atoms with van der Waals surface area (Å²) in [5.41, 5.74) is 1.01. The van der Waals surface area contributed by atoms with Gasteiger partial charge in [-0.3, -0.25) is 4.90 Å². The molecule has 1 aromatic rings. The zero-order chi connectivity index (χ0) is 14.8. The zero-order valence-electron chi connectivity index (χ0n) is 11.0. The van der Waals surface area contributed by atoms with E-state index < -0.39 is 11.9 Å². The number of rotatable bonds is 4. The van der Waals surface area contributed by atoms with Gasteiger partial charge in [-0.05, 0) is 19.2 Å². The molecule has 0 aliphatic carbocycles. The minimum absolute atomic E-state index is 0.398. The first kappa shape index (κ1) is 16.9. The normalized spacial score (nSPS) is 9.63. The van der Waals surface area contributed by atoms with Crippen molar-refractivity contribution in [1.29, 1.82) is 0 Å². The van der Waals surface area contributed by atoms with Gasteiger partial charge in [0, 0.05) is 12.1 Å². The number of carboxylic acid groups (broad SMARTS) is 2. The number of carboxylic acids is 2. The summed E-state index contributed by atoms with van der Waals surface area (Å²) in [7, 11) is 0. The molecule has 0 spiro atoms. The number of benzene rings is 1. The summed E-state index contributed by atoms with van der Waals surface area (Å²) in [6.45, 7) is 7.13. The molecular weight excluding hydrogens is 250 g/mol. The number of hydrogen-bond acceptors (Lipinski definition) is 4. The molecule has 0 aromatic heterocycles. The highest BCUT2D eigenvalue weighted by Gasteiger charge is 2.04. The number of phenols is 1. The molecule has 0 atom stereocenters. The predicted molar refractivity (Wildman–Crippen MR) is 70.0 cm³/mol. The lowest BCUT2D eigenvalue weighted by Crippen LogP contribution is -2.22. The van der Waals surface area contributed by atoms with E-state index >= 15 is 0 Å². The smallest absolute Gasteiger partial charge is 0.414 e. The molecule has 0 radical (unpaired) electrons. The Balaban J connectivity index is 0.000000459. The molecule has 0 unspecified atom stereocenters. The lowest BCUT2D eigenvalue weighted by atomic mass is 10.2. The lowest BCUT2D eigenvalue weighted by Gasteiger charge is -2.18. The van der Waals surface area contributed by atoms with Crippen LogP contribution < -0.4 is 0 Å². The molecule has 0 amide bonds. The molecule has 0 fully saturated rings. The molecule has 3 N–H and O–H groups in total. The van der Waals surface area contributed by atoms with Crippen LogP contribution in [-0.4, -0.2) is 45.2 Å². The van der Waals surface area contributed by atoms with Crippen molar-refractivity contribution < 1.29 is 24.9 Å². The zero-order valence-corrected chi connectivity index (χ0v) is 11.0. The van der Waals surface area contributed by atoms with Gasteiger partial charge in [-0.15, -0.1) is 0 Å². The van der Waals surface area contributed by atoms with Crippen molar-refractivity contribution in [3.05, 3.63) is 29.8 Å². The maximum absolute atomic E-state index is 9.52. The van der Waals surface area contributed by atoms with E-state index in [-0.39, 0.29) is 0 Å². The number of carbonyl (C=O) groups is 2. The Morgan fingerprint density at radius 1 is 1.05 bits per heavy atom. The van der Waals surface area contributed by atoms with Crippen LogP contribution in [0, 0.1) is 0 Å². The summed E-state index contributed by atoms with van der Waals surface area (Å²) in [5.74, 6) is -3.25. The van der Waals surface area contributed by atoms with Gasteiger partial charge in [-0.25, -0.2) is 9.59 Å². The number of aliphatic carboxylic acids is 2. The van der Waals surface area contributed by atoms with E-state index in [9.17, 15) is 5.11 Å². The van der Waals surface area contributed by atoms with Crippen LogP contribution in [0.5, 0.6) is 5.75 Å². The molecule has 19 heavy (non-hydrogen) atoms. The number of para-hydroxylation sites is 1. The van der Waals surface area contributed by atoms with Crippen molar-refractivity contribution in [2.45, 2.75) is 20.4 Å². The number of nitrogens with zero attached hydrogens (tertiary/aromatic N) is 1. The van der Waals surface area contributed by atoms with Crippen molar-refractivity contribution in [3.8, 4) is 5.75 Å². The molecule has 0 aliphatic rings. The summed E-state index contributed by atoms with van der Waals surface area (Å²) in [4.78, 5) is 20.5. The topological polar surface area (TPSA) is 98.1 Å². The van der Waals surface area contributed by atoms with E-state index in [1.165, 1.54) is 0 Å². The maximum Gasteiger partial charge on any atom is 0.414 e. The maximum atomic E-state index is 9.52. The Morgan fingerprint density at radius 3 is 1.89 bits per heavy atom. The first-order chi connectivity index (χ1) is 8.92. The molecule has 6 heteroatoms. The number of phenolic OH excluding ortho intramolecular Hbond substituents is 1. The summed E-state index contributed by atoms with van der Waals surface area (Å²) in [6, 6.07) is 7.51. The summed E-state index contributed by atoms with van der Waals surface area (Å²) in [6.07, 6.45) is 0. The van der Waals surface area contributed by atoms with Crippen molar-refractivity contribution in [2.75, 3.05) is 13.1 Å². The van der Waals surface area contributed by atoms with E-state index in [0.717, 1.165) is 25.2 Å². The minimum atomic E-state index is -1.82. The van der Waals surface area contributed by atoms with E-state index in [4.69, 9.17) is 19.8 Å². The first-order valence-electron chi connectivity index (χ1n) is 5.87. The Bertz CT molecular complexity index is 403. The Hall–Kier alpha value is -2.08. The summed E-state index contributed by atoms with van der Waals surface area (Å²) >= 11 is 0. The van der Waals surface area contributed by atoms with Gasteiger partial charge >= 0.3 is 11.9 Å². The van der Waals surface area contributed by atoms with Crippen LogP contribution in [0.3, 0.4) is 0 Å². The predicted octanol–water partition coefficient (Wildman–Crippen LogP) is 1.39. The van der Waals surface area contributed by atoms with Crippen molar-refractivity contribution in [3.63, 3.8) is 0 Å². The largest absolute Gasteiger partial charge is 0.508 e. The molecule has 6 nitrogen and oxygen atoms in total. The van der Waals surface area contributed by atoms with E-state index in [1.54, 1.807) is 6.07 Å². The molecule has 106 valence electrons. The third-order valence-corrected chi connectivity index (χ3v) is 2.46. The van der Waals surface area contributed by atoms with Gasteiger partial charge < -0.3 is 15.3 Å². The lowest BCUT2D eigenvalue weighted by molar-refractivity contribution is -0.159. The highest BCUT2D eigenvalue weighted by Crippen LogP contribution is 2.17. The van der Waals surface area contributed by atoms with E-state index in [2.05, 4.69) is 18.7 Å². The third kappa shape index (κ3) is 7.05. The molecule has 0 saturated carbocycles. The monoisotopic (exact) mass is 269 g/mol. The van der Waals surface area contributed by atoms with Gasteiger partial charge in [0.15, 0.2) is 0 Å². The van der Waals surface area contributed by atoms with E-state index in [1.807, 2.05) is 18.2 Å². The Labute approximate surface area is 111 Å². The number of hydrogen-bond donors (Lipinski definition) is 3. The highest BCUT2D eigenvalue weighted by molar-refractivity contribution is 6.27. The van der Waals surface area contributed by atoms with Crippen LogP contribution in [0.15, 0.2) is 24.3 Å². The van der Waals surface area contributed by atoms with Crippen LogP contribution in [0.1, 0.15) is 19.4 Å². The van der Waals surface area contributed by atoms with Crippen LogP contribution in [-0.2, 0) is 16.1 Å². The van der Waals surface area contributed by atoms with Crippen LogP contribution in [0.25, 0.3) is 0 Å². The Morgan fingerprint density at radius 2 is 1.53 bits per heavy atom. The molecule has 1 rings (SSSR count). The summed E-state index contributed by atoms with van der Waals surface area (Å²) < 4.78 is 0. The number of aromatic hydroxyl groups is 1. The van der Waals surface area contributed by atoms with Gasteiger partial charge in [0.2, 0.25) is 0 Å². The quantitative estimate of drug-likeness (QED) is 0.714. The fourth-order valence-corrected chi connectivity index (χ4v) is 1.33. The Kier molecular flexibility index (Phi) is 7.95. The highest BCUT2D eigenvalue weighted by atomic mass is 16.4. The van der Waals surface area contributed by atoms with Gasteiger partial charge in [-0.1, -0.05) is 32.0 Å². The molecule has 0 heterocycles. The standard InChI is InChI=1S/C11H17NO.C2H2O4/c1-3-12(4-2)9-10-7-5-6-8-11(10)13;3-1(4)2(5)6/h5-8,13H,3-4,9H2,1-2H3;(H,3,4)(H,5,6). The second-order valence-electron chi connectivity index (χ2n) is 3.70. The van der Waals surface area contributed by atoms with E-state index in [0.29, 0.717) is 5.75 Å². The van der Waals surface area contributed by atoms with Crippen LogP contribution in [0.4, 0.5) is 0 Å². The van der Waals surface area contributed by atoms with Gasteiger partial charge in [0.05, 0.1) is 0 Å². The first-order valence-corrected chi connectivity index (χ1v) is 5.87. The molecule has 0 bridgehead atoms. The molecular formula is C13H19NO5. The van der Waals surface area contributed by atoms with Crippen molar-refractivity contribution in [2.24, 2.45) is 0 Å². The molecule has 1 aromatic carbocycles. The molecule has 0 saturated heterocycles.